The van der Waals surface area contributed by atoms with Crippen molar-refractivity contribution in [3.63, 3.8) is 0 Å². The minimum Gasteiger partial charge on any atom is -0.390 e. The van der Waals surface area contributed by atoms with Gasteiger partial charge in [-0.3, -0.25) is 9.69 Å². The van der Waals surface area contributed by atoms with E-state index in [1.165, 1.54) is 0 Å². The summed E-state index contributed by atoms with van der Waals surface area (Å²) in [5, 5.41) is 12.7. The molecule has 1 aliphatic heterocycles. The van der Waals surface area contributed by atoms with Crippen LogP contribution in [0.2, 0.25) is 0 Å². The Morgan fingerprint density at radius 3 is 2.31 bits per heavy atom. The first-order valence-corrected chi connectivity index (χ1v) is 5.94. The van der Waals surface area contributed by atoms with Gasteiger partial charge in [0, 0.05) is 18.6 Å². The molecule has 0 saturated carbocycles. The van der Waals surface area contributed by atoms with Crippen LogP contribution >= 0.6 is 0 Å². The Kier molecular flexibility index (Phi) is 3.97. The predicted molar refractivity (Wildman–Crippen MR) is 64.2 cm³/mol. The first kappa shape index (κ1) is 13.5. The van der Waals surface area contributed by atoms with Gasteiger partial charge in [-0.15, -0.1) is 0 Å². The van der Waals surface area contributed by atoms with Crippen LogP contribution in [0.3, 0.4) is 0 Å². The van der Waals surface area contributed by atoms with Gasteiger partial charge in [0.05, 0.1) is 12.1 Å². The number of hydrogen-bond acceptors (Lipinski definition) is 3. The van der Waals surface area contributed by atoms with Gasteiger partial charge in [0.15, 0.2) is 0 Å². The largest absolute Gasteiger partial charge is 0.390 e. The number of likely N-dealkylation sites (tertiary alicyclic amines) is 1. The van der Waals surface area contributed by atoms with Gasteiger partial charge in [-0.1, -0.05) is 0 Å². The van der Waals surface area contributed by atoms with Gasteiger partial charge in [-0.05, 0) is 40.5 Å². The summed E-state index contributed by atoms with van der Waals surface area (Å²) in [5.41, 5.74) is -0.713. The third kappa shape index (κ3) is 4.94. The second-order valence-electron chi connectivity index (χ2n) is 6.07. The smallest absolute Gasteiger partial charge is 0.234 e. The standard InChI is InChI=1S/C12H24N2O2/c1-11(2,3)13-10(15)9-14-7-5-12(4,16)6-8-14/h16H,5-9H2,1-4H3,(H,13,15). The van der Waals surface area contributed by atoms with Gasteiger partial charge in [0.25, 0.3) is 0 Å². The van der Waals surface area contributed by atoms with Crippen molar-refractivity contribution >= 4 is 5.91 Å². The van der Waals surface area contributed by atoms with E-state index in [1.54, 1.807) is 0 Å². The van der Waals surface area contributed by atoms with E-state index in [4.69, 9.17) is 0 Å². The molecule has 0 aromatic heterocycles. The Hall–Kier alpha value is -0.610. The van der Waals surface area contributed by atoms with Gasteiger partial charge < -0.3 is 10.4 Å². The molecule has 2 N–H and O–H groups in total. The zero-order valence-electron chi connectivity index (χ0n) is 10.8. The monoisotopic (exact) mass is 228 g/mol. The Bertz CT molecular complexity index is 246. The van der Waals surface area contributed by atoms with Crippen LogP contribution in [0.15, 0.2) is 0 Å². The fourth-order valence-corrected chi connectivity index (χ4v) is 1.85. The molecule has 16 heavy (non-hydrogen) atoms. The number of aliphatic hydroxyl groups is 1. The van der Waals surface area contributed by atoms with E-state index in [2.05, 4.69) is 10.2 Å². The van der Waals surface area contributed by atoms with E-state index < -0.39 is 5.60 Å². The fraction of sp³-hybridized carbons (Fsp3) is 0.917. The zero-order chi connectivity index (χ0) is 12.4. The zero-order valence-corrected chi connectivity index (χ0v) is 10.8. The normalized spacial score (nSPS) is 21.8. The Balaban J connectivity index is 2.32. The lowest BCUT2D eigenvalue weighted by atomic mass is 9.94. The lowest BCUT2D eigenvalue weighted by Crippen LogP contribution is -2.49. The number of carbonyl (C=O) groups is 1. The molecule has 0 aromatic carbocycles. The summed E-state index contributed by atoms with van der Waals surface area (Å²) in [6.45, 7) is 9.83. The first-order chi connectivity index (χ1) is 7.18. The summed E-state index contributed by atoms with van der Waals surface area (Å²) >= 11 is 0. The summed E-state index contributed by atoms with van der Waals surface area (Å²) in [6.07, 6.45) is 1.49. The number of carbonyl (C=O) groups excluding carboxylic acids is 1. The van der Waals surface area contributed by atoms with Crippen molar-refractivity contribution in [2.45, 2.75) is 51.7 Å². The second kappa shape index (κ2) is 4.72. The molecule has 0 bridgehead atoms. The minimum atomic E-state index is -0.545. The van der Waals surface area contributed by atoms with Crippen molar-refractivity contribution in [1.29, 1.82) is 0 Å². The lowest BCUT2D eigenvalue weighted by molar-refractivity contribution is -0.124. The average molecular weight is 228 g/mol. The topological polar surface area (TPSA) is 52.6 Å². The minimum absolute atomic E-state index is 0.0639. The van der Waals surface area contributed by atoms with Gasteiger partial charge in [-0.25, -0.2) is 0 Å². The molecule has 1 heterocycles. The second-order valence-corrected chi connectivity index (χ2v) is 6.07. The molecular weight excluding hydrogens is 204 g/mol. The fourth-order valence-electron chi connectivity index (χ4n) is 1.85. The number of rotatable bonds is 2. The molecule has 0 aliphatic carbocycles. The van der Waals surface area contributed by atoms with Gasteiger partial charge in [-0.2, -0.15) is 0 Å². The number of amides is 1. The van der Waals surface area contributed by atoms with Crippen molar-refractivity contribution < 1.29 is 9.90 Å². The molecule has 1 saturated heterocycles. The lowest BCUT2D eigenvalue weighted by Gasteiger charge is -2.35. The van der Waals surface area contributed by atoms with E-state index in [0.29, 0.717) is 6.54 Å². The van der Waals surface area contributed by atoms with Crippen LogP contribution < -0.4 is 5.32 Å². The van der Waals surface area contributed by atoms with Crippen LogP contribution in [-0.4, -0.2) is 46.7 Å². The number of hydrogen-bond donors (Lipinski definition) is 2. The number of piperidine rings is 1. The molecule has 1 aliphatic rings. The van der Waals surface area contributed by atoms with Crippen molar-refractivity contribution in [2.75, 3.05) is 19.6 Å². The first-order valence-electron chi connectivity index (χ1n) is 5.94. The summed E-state index contributed by atoms with van der Waals surface area (Å²) in [5.74, 6) is 0.0639. The van der Waals surface area contributed by atoms with Crippen molar-refractivity contribution in [1.82, 2.24) is 10.2 Å². The molecule has 0 spiro atoms. The Labute approximate surface area is 98.0 Å². The van der Waals surface area contributed by atoms with Crippen molar-refractivity contribution in [3.05, 3.63) is 0 Å². The highest BCUT2D eigenvalue weighted by molar-refractivity contribution is 5.78. The molecule has 1 amide bonds. The average Bonchev–Trinajstić information content (AvgIpc) is 2.05. The summed E-state index contributed by atoms with van der Waals surface area (Å²) < 4.78 is 0. The Morgan fingerprint density at radius 2 is 1.88 bits per heavy atom. The molecule has 94 valence electrons. The van der Waals surface area contributed by atoms with E-state index >= 15 is 0 Å². The third-order valence-corrected chi connectivity index (χ3v) is 2.81. The van der Waals surface area contributed by atoms with Crippen molar-refractivity contribution in [3.8, 4) is 0 Å². The maximum atomic E-state index is 11.7. The highest BCUT2D eigenvalue weighted by Crippen LogP contribution is 2.20. The Morgan fingerprint density at radius 1 is 1.38 bits per heavy atom. The quantitative estimate of drug-likeness (QED) is 0.733. The molecule has 0 unspecified atom stereocenters. The van der Waals surface area contributed by atoms with Gasteiger partial charge in [0.1, 0.15) is 0 Å². The highest BCUT2D eigenvalue weighted by Gasteiger charge is 2.28. The van der Waals surface area contributed by atoms with Crippen LogP contribution in [-0.2, 0) is 4.79 Å². The molecule has 1 fully saturated rings. The summed E-state index contributed by atoms with van der Waals surface area (Å²) in [6, 6.07) is 0. The van der Waals surface area contributed by atoms with E-state index in [0.717, 1.165) is 25.9 Å². The molecular formula is C12H24N2O2. The molecule has 0 radical (unpaired) electrons. The van der Waals surface area contributed by atoms with Crippen LogP contribution in [0.4, 0.5) is 0 Å². The number of nitrogens with zero attached hydrogens (tertiary/aromatic N) is 1. The molecule has 4 heteroatoms. The van der Waals surface area contributed by atoms with Gasteiger partial charge in [0.2, 0.25) is 5.91 Å². The summed E-state index contributed by atoms with van der Waals surface area (Å²) in [4.78, 5) is 13.8. The van der Waals surface area contributed by atoms with Crippen LogP contribution in [0, 0.1) is 0 Å². The van der Waals surface area contributed by atoms with Crippen LogP contribution in [0.5, 0.6) is 0 Å². The van der Waals surface area contributed by atoms with Crippen molar-refractivity contribution in [2.24, 2.45) is 0 Å². The molecule has 1 rings (SSSR count). The van der Waals surface area contributed by atoms with Crippen LogP contribution in [0.1, 0.15) is 40.5 Å². The van der Waals surface area contributed by atoms with E-state index in [1.807, 2.05) is 27.7 Å². The molecule has 0 aromatic rings. The molecule has 4 nitrogen and oxygen atoms in total. The van der Waals surface area contributed by atoms with Gasteiger partial charge >= 0.3 is 0 Å². The number of nitrogens with one attached hydrogen (secondary N) is 1. The molecule has 0 atom stereocenters. The van der Waals surface area contributed by atoms with E-state index in [-0.39, 0.29) is 11.4 Å². The van der Waals surface area contributed by atoms with Crippen LogP contribution in [0.25, 0.3) is 0 Å². The van der Waals surface area contributed by atoms with E-state index in [9.17, 15) is 9.90 Å². The highest BCUT2D eigenvalue weighted by atomic mass is 16.3. The SMILES string of the molecule is CC1(O)CCN(CC(=O)NC(C)(C)C)CC1. The third-order valence-electron chi connectivity index (χ3n) is 2.81. The summed E-state index contributed by atoms with van der Waals surface area (Å²) in [7, 11) is 0. The predicted octanol–water partition coefficient (Wildman–Crippen LogP) is 0.748. The maximum Gasteiger partial charge on any atom is 0.234 e. The maximum absolute atomic E-state index is 11.7.